The maximum absolute atomic E-state index is 12.2. The molecule has 0 saturated carbocycles. The van der Waals surface area contributed by atoms with Gasteiger partial charge in [-0.05, 0) is 6.92 Å². The first-order valence-corrected chi connectivity index (χ1v) is 5.23. The zero-order valence-corrected chi connectivity index (χ0v) is 10.2. The van der Waals surface area contributed by atoms with E-state index in [1.165, 1.54) is 24.0 Å². The molecule has 2 heterocycles. The molecule has 0 aliphatic heterocycles. The fraction of sp³-hybridized carbons (Fsp3) is 0.300. The Bertz CT molecular complexity index is 619. The molecule has 0 aliphatic carbocycles. The summed E-state index contributed by atoms with van der Waals surface area (Å²) in [6.07, 6.45) is 1.29. The average molecular weight is 271 g/mol. The van der Waals surface area contributed by atoms with Crippen molar-refractivity contribution in [3.63, 3.8) is 0 Å². The number of carbonyl (C=O) groups is 1. The summed E-state index contributed by atoms with van der Waals surface area (Å²) in [5.74, 6) is -0.479. The van der Waals surface area contributed by atoms with Gasteiger partial charge in [-0.15, -0.1) is 5.10 Å². The molecule has 1 amide bonds. The Balaban J connectivity index is 2.40. The molecule has 0 unspecified atom stereocenters. The van der Waals surface area contributed by atoms with E-state index in [2.05, 4.69) is 14.9 Å². The fourth-order valence-electron chi connectivity index (χ4n) is 1.62. The molecular formula is C10H11F2N5O2. The van der Waals surface area contributed by atoms with Crippen molar-refractivity contribution in [2.75, 3.05) is 0 Å². The number of halogens is 2. The predicted octanol–water partition coefficient (Wildman–Crippen LogP) is 0.615. The Morgan fingerprint density at radius 3 is 2.74 bits per heavy atom. The number of rotatable bonds is 4. The third-order valence-corrected chi connectivity index (χ3v) is 2.53. The van der Waals surface area contributed by atoms with E-state index < -0.39 is 12.5 Å². The van der Waals surface area contributed by atoms with Crippen LogP contribution in [0.15, 0.2) is 12.3 Å². The number of primary amides is 1. The highest BCUT2D eigenvalue weighted by Crippen LogP contribution is 2.19. The third-order valence-electron chi connectivity index (χ3n) is 2.53. The number of hydrogen-bond donors (Lipinski definition) is 1. The second kappa shape index (κ2) is 4.67. The molecule has 0 atom stereocenters. The first kappa shape index (κ1) is 13.0. The zero-order chi connectivity index (χ0) is 14.2. The average Bonchev–Trinajstić information content (AvgIpc) is 2.82. The molecule has 19 heavy (non-hydrogen) atoms. The van der Waals surface area contributed by atoms with Crippen molar-refractivity contribution in [3.8, 4) is 11.7 Å². The van der Waals surface area contributed by atoms with Gasteiger partial charge in [-0.3, -0.25) is 4.79 Å². The van der Waals surface area contributed by atoms with Crippen molar-refractivity contribution >= 4 is 5.91 Å². The van der Waals surface area contributed by atoms with Gasteiger partial charge in [0.2, 0.25) is 5.88 Å². The van der Waals surface area contributed by atoms with Crippen LogP contribution < -0.4 is 10.5 Å². The van der Waals surface area contributed by atoms with Gasteiger partial charge in [-0.2, -0.15) is 13.9 Å². The summed E-state index contributed by atoms with van der Waals surface area (Å²) in [6, 6.07) is 1.29. The number of aryl methyl sites for hydroxylation is 1. The lowest BCUT2D eigenvalue weighted by atomic mass is 10.2. The molecule has 2 aromatic heterocycles. The van der Waals surface area contributed by atoms with Crippen LogP contribution in [-0.4, -0.2) is 32.1 Å². The smallest absolute Gasteiger partial charge is 0.388 e. The van der Waals surface area contributed by atoms with Gasteiger partial charge in [0.1, 0.15) is 0 Å². The van der Waals surface area contributed by atoms with Crippen LogP contribution >= 0.6 is 0 Å². The number of hydrogen-bond acceptors (Lipinski definition) is 4. The standard InChI is InChI=1S/C10H11F2N5O2/c1-5-6(9(13)18)4-14-17(5)7-3-8(16(2)15-7)19-10(11)12/h3-4,10H,1-2H3,(H2,13,18). The Labute approximate surface area is 106 Å². The molecule has 0 aromatic carbocycles. The van der Waals surface area contributed by atoms with Gasteiger partial charge in [0.15, 0.2) is 5.82 Å². The summed E-state index contributed by atoms with van der Waals surface area (Å²) < 4.78 is 31.0. The second-order valence-electron chi connectivity index (χ2n) is 3.76. The van der Waals surface area contributed by atoms with Crippen molar-refractivity contribution in [2.45, 2.75) is 13.5 Å². The molecule has 0 radical (unpaired) electrons. The number of nitrogens with two attached hydrogens (primary N) is 1. The highest BCUT2D eigenvalue weighted by atomic mass is 19.3. The summed E-state index contributed by atoms with van der Waals surface area (Å²) in [4.78, 5) is 11.1. The van der Waals surface area contributed by atoms with Gasteiger partial charge >= 0.3 is 6.61 Å². The van der Waals surface area contributed by atoms with E-state index >= 15 is 0 Å². The minimum atomic E-state index is -2.94. The molecular weight excluding hydrogens is 260 g/mol. The first-order valence-electron chi connectivity index (χ1n) is 5.23. The lowest BCUT2D eigenvalue weighted by molar-refractivity contribution is -0.0553. The van der Waals surface area contributed by atoms with Crippen LogP contribution in [0.2, 0.25) is 0 Å². The van der Waals surface area contributed by atoms with Crippen LogP contribution in [0.5, 0.6) is 5.88 Å². The summed E-state index contributed by atoms with van der Waals surface area (Å²) in [7, 11) is 1.45. The van der Waals surface area contributed by atoms with E-state index in [1.807, 2.05) is 0 Å². The minimum absolute atomic E-state index is 0.111. The molecule has 7 nitrogen and oxygen atoms in total. The summed E-state index contributed by atoms with van der Waals surface area (Å²) in [6.45, 7) is -1.32. The van der Waals surface area contributed by atoms with Crippen molar-refractivity contribution in [2.24, 2.45) is 12.8 Å². The molecule has 0 saturated heterocycles. The van der Waals surface area contributed by atoms with Crippen molar-refractivity contribution in [1.29, 1.82) is 0 Å². The Kier molecular flexibility index (Phi) is 3.19. The van der Waals surface area contributed by atoms with E-state index in [1.54, 1.807) is 6.92 Å². The van der Waals surface area contributed by atoms with E-state index in [-0.39, 0.29) is 17.3 Å². The van der Waals surface area contributed by atoms with Crippen molar-refractivity contribution in [1.82, 2.24) is 19.6 Å². The van der Waals surface area contributed by atoms with Gasteiger partial charge in [0.05, 0.1) is 17.5 Å². The van der Waals surface area contributed by atoms with Crippen LogP contribution in [0.4, 0.5) is 8.78 Å². The third kappa shape index (κ3) is 2.39. The van der Waals surface area contributed by atoms with Gasteiger partial charge in [-0.1, -0.05) is 0 Å². The highest BCUT2D eigenvalue weighted by Gasteiger charge is 2.17. The molecule has 2 N–H and O–H groups in total. The lowest BCUT2D eigenvalue weighted by Crippen LogP contribution is -2.12. The Morgan fingerprint density at radius 2 is 2.21 bits per heavy atom. The van der Waals surface area contributed by atoms with E-state index in [9.17, 15) is 13.6 Å². The number of ether oxygens (including phenoxy) is 1. The first-order chi connectivity index (χ1) is 8.90. The van der Waals surface area contributed by atoms with Crippen molar-refractivity contribution < 1.29 is 18.3 Å². The highest BCUT2D eigenvalue weighted by molar-refractivity contribution is 5.93. The van der Waals surface area contributed by atoms with Crippen LogP contribution in [0, 0.1) is 6.92 Å². The van der Waals surface area contributed by atoms with E-state index in [4.69, 9.17) is 5.73 Å². The topological polar surface area (TPSA) is 88.0 Å². The summed E-state index contributed by atoms with van der Waals surface area (Å²) >= 11 is 0. The summed E-state index contributed by atoms with van der Waals surface area (Å²) in [5, 5.41) is 7.91. The molecule has 0 bridgehead atoms. The molecule has 2 aromatic rings. The van der Waals surface area contributed by atoms with Gasteiger partial charge in [-0.25, -0.2) is 9.36 Å². The normalized spacial score (nSPS) is 11.0. The zero-order valence-electron chi connectivity index (χ0n) is 10.2. The molecule has 0 spiro atoms. The van der Waals surface area contributed by atoms with Crippen molar-refractivity contribution in [3.05, 3.63) is 23.5 Å². The van der Waals surface area contributed by atoms with Crippen LogP contribution in [0.1, 0.15) is 16.1 Å². The quantitative estimate of drug-likeness (QED) is 0.882. The van der Waals surface area contributed by atoms with Crippen LogP contribution in [0.3, 0.4) is 0 Å². The van der Waals surface area contributed by atoms with Crippen LogP contribution in [-0.2, 0) is 7.05 Å². The lowest BCUT2D eigenvalue weighted by Gasteiger charge is -2.01. The molecule has 9 heteroatoms. The molecule has 102 valence electrons. The van der Waals surface area contributed by atoms with Crippen LogP contribution in [0.25, 0.3) is 5.82 Å². The van der Waals surface area contributed by atoms with Gasteiger partial charge in [0.25, 0.3) is 5.91 Å². The number of nitrogens with zero attached hydrogens (tertiary/aromatic N) is 4. The largest absolute Gasteiger partial charge is 0.417 e. The molecule has 0 fully saturated rings. The Hall–Kier alpha value is -2.45. The second-order valence-corrected chi connectivity index (χ2v) is 3.76. The minimum Gasteiger partial charge on any atom is -0.417 e. The number of amides is 1. The van der Waals surface area contributed by atoms with Gasteiger partial charge in [0, 0.05) is 13.1 Å². The summed E-state index contributed by atoms with van der Waals surface area (Å²) in [5.41, 5.74) is 5.87. The fourth-order valence-corrected chi connectivity index (χ4v) is 1.62. The Morgan fingerprint density at radius 1 is 1.53 bits per heavy atom. The van der Waals surface area contributed by atoms with E-state index in [0.29, 0.717) is 5.69 Å². The predicted molar refractivity (Wildman–Crippen MR) is 60.2 cm³/mol. The molecule has 2 rings (SSSR count). The van der Waals surface area contributed by atoms with Gasteiger partial charge < -0.3 is 10.5 Å². The maximum atomic E-state index is 12.2. The SMILES string of the molecule is Cc1c(C(N)=O)cnn1-c1cc(OC(F)F)n(C)n1. The number of aromatic nitrogens is 4. The monoisotopic (exact) mass is 271 g/mol. The molecule has 0 aliphatic rings. The number of carbonyl (C=O) groups excluding carboxylic acids is 1. The maximum Gasteiger partial charge on any atom is 0.388 e. The van der Waals surface area contributed by atoms with E-state index in [0.717, 1.165) is 4.68 Å². The number of alkyl halides is 2.